The van der Waals surface area contributed by atoms with Crippen LogP contribution in [0.25, 0.3) is 10.8 Å². The van der Waals surface area contributed by atoms with Crippen molar-refractivity contribution in [2.75, 3.05) is 0 Å². The van der Waals surface area contributed by atoms with Crippen molar-refractivity contribution in [1.29, 1.82) is 0 Å². The van der Waals surface area contributed by atoms with Crippen LogP contribution in [0.5, 0.6) is 0 Å². The van der Waals surface area contributed by atoms with Gasteiger partial charge < -0.3 is 5.11 Å². The number of halogens is 1. The Bertz CT molecular complexity index is 485. The van der Waals surface area contributed by atoms with Gasteiger partial charge in [-0.15, -0.1) is 12.4 Å². The van der Waals surface area contributed by atoms with E-state index in [0.29, 0.717) is 0 Å². The van der Waals surface area contributed by atoms with Gasteiger partial charge in [-0.25, -0.2) is 0 Å². The van der Waals surface area contributed by atoms with Gasteiger partial charge in [0.25, 0.3) is 0 Å². The predicted molar refractivity (Wildman–Crippen MR) is 60.3 cm³/mol. The monoisotopic (exact) mass is 223 g/mol. The summed E-state index contributed by atoms with van der Waals surface area (Å²) in [5.74, 6) is -0.807. The van der Waals surface area contributed by atoms with E-state index in [1.54, 1.807) is 12.4 Å². The maximum Gasteiger partial charge on any atom is 0.307 e. The number of carboxylic acid groups (broad SMARTS) is 1. The first kappa shape index (κ1) is 11.5. The van der Waals surface area contributed by atoms with Gasteiger partial charge in [-0.1, -0.05) is 18.2 Å². The summed E-state index contributed by atoms with van der Waals surface area (Å²) in [5, 5.41) is 10.7. The van der Waals surface area contributed by atoms with Crippen LogP contribution in [-0.4, -0.2) is 16.1 Å². The van der Waals surface area contributed by atoms with Crippen molar-refractivity contribution in [1.82, 2.24) is 4.98 Å². The van der Waals surface area contributed by atoms with Crippen molar-refractivity contribution in [3.8, 4) is 0 Å². The van der Waals surface area contributed by atoms with Crippen molar-refractivity contribution in [3.63, 3.8) is 0 Å². The van der Waals surface area contributed by atoms with Crippen molar-refractivity contribution in [3.05, 3.63) is 42.2 Å². The molecule has 78 valence electrons. The number of benzene rings is 1. The second-order valence-electron chi connectivity index (χ2n) is 3.13. The highest BCUT2D eigenvalue weighted by molar-refractivity contribution is 5.85. The maximum absolute atomic E-state index is 10.5. The molecule has 0 aliphatic carbocycles. The minimum atomic E-state index is -0.807. The first-order valence-electron chi connectivity index (χ1n) is 4.30. The Balaban J connectivity index is 0.00000112. The van der Waals surface area contributed by atoms with Crippen LogP contribution < -0.4 is 0 Å². The van der Waals surface area contributed by atoms with Gasteiger partial charge in [-0.05, 0) is 17.0 Å². The lowest BCUT2D eigenvalue weighted by Gasteiger charge is -1.99. The number of carbonyl (C=O) groups is 1. The van der Waals surface area contributed by atoms with Gasteiger partial charge in [-0.2, -0.15) is 0 Å². The summed E-state index contributed by atoms with van der Waals surface area (Å²) >= 11 is 0. The Labute approximate surface area is 93.2 Å². The molecule has 0 aliphatic rings. The molecule has 1 aromatic carbocycles. The molecule has 0 saturated carbocycles. The smallest absolute Gasteiger partial charge is 0.307 e. The molecule has 2 rings (SSSR count). The summed E-state index contributed by atoms with van der Waals surface area (Å²) in [6.45, 7) is 0. The van der Waals surface area contributed by atoms with E-state index in [2.05, 4.69) is 4.98 Å². The number of hydrogen-bond donors (Lipinski definition) is 1. The van der Waals surface area contributed by atoms with Crippen LogP contribution in [0, 0.1) is 0 Å². The average Bonchev–Trinajstić information content (AvgIpc) is 2.17. The quantitative estimate of drug-likeness (QED) is 0.850. The van der Waals surface area contributed by atoms with E-state index < -0.39 is 5.97 Å². The average molecular weight is 224 g/mol. The molecule has 0 bridgehead atoms. The Morgan fingerprint density at radius 1 is 1.27 bits per heavy atom. The van der Waals surface area contributed by atoms with Crippen molar-refractivity contribution in [2.45, 2.75) is 6.42 Å². The summed E-state index contributed by atoms with van der Waals surface area (Å²) in [4.78, 5) is 14.5. The molecule has 15 heavy (non-hydrogen) atoms. The molecule has 0 amide bonds. The van der Waals surface area contributed by atoms with Gasteiger partial charge in [0.2, 0.25) is 0 Å². The normalized spacial score (nSPS) is 9.60. The third-order valence-electron chi connectivity index (χ3n) is 2.06. The Hall–Kier alpha value is -1.61. The lowest BCUT2D eigenvalue weighted by atomic mass is 10.1. The van der Waals surface area contributed by atoms with E-state index in [1.807, 2.05) is 24.3 Å². The first-order chi connectivity index (χ1) is 6.75. The lowest BCUT2D eigenvalue weighted by Crippen LogP contribution is -1.99. The van der Waals surface area contributed by atoms with E-state index in [9.17, 15) is 4.79 Å². The molecule has 0 aliphatic heterocycles. The van der Waals surface area contributed by atoms with Crippen LogP contribution in [0.2, 0.25) is 0 Å². The summed E-state index contributed by atoms with van der Waals surface area (Å²) in [6, 6.07) is 7.46. The first-order valence-corrected chi connectivity index (χ1v) is 4.30. The molecule has 0 unspecified atom stereocenters. The fraction of sp³-hybridized carbons (Fsp3) is 0.0909. The van der Waals surface area contributed by atoms with Crippen LogP contribution in [0.4, 0.5) is 0 Å². The number of hydrogen-bond acceptors (Lipinski definition) is 2. The summed E-state index contributed by atoms with van der Waals surface area (Å²) < 4.78 is 0. The van der Waals surface area contributed by atoms with Gasteiger partial charge in [0.05, 0.1) is 6.42 Å². The van der Waals surface area contributed by atoms with Crippen molar-refractivity contribution < 1.29 is 9.90 Å². The molecule has 0 saturated heterocycles. The standard InChI is InChI=1S/C11H9NO2.ClH/c13-11(14)6-8-1-2-10-7-12-4-3-9(10)5-8;/h1-5,7H,6H2,(H,13,14);1H. The molecule has 1 aromatic heterocycles. The largest absolute Gasteiger partial charge is 0.481 e. The topological polar surface area (TPSA) is 50.2 Å². The number of nitrogens with zero attached hydrogens (tertiary/aromatic N) is 1. The Morgan fingerprint density at radius 2 is 2.07 bits per heavy atom. The Morgan fingerprint density at radius 3 is 2.80 bits per heavy atom. The van der Waals surface area contributed by atoms with Crippen molar-refractivity contribution >= 4 is 29.1 Å². The van der Waals surface area contributed by atoms with Gasteiger partial charge in [0, 0.05) is 17.8 Å². The summed E-state index contributed by atoms with van der Waals surface area (Å²) in [7, 11) is 0. The number of pyridine rings is 1. The van der Waals surface area contributed by atoms with Gasteiger partial charge >= 0.3 is 5.97 Å². The zero-order valence-electron chi connectivity index (χ0n) is 7.88. The fourth-order valence-corrected chi connectivity index (χ4v) is 1.42. The number of aliphatic carboxylic acids is 1. The van der Waals surface area contributed by atoms with Crippen LogP contribution in [0.1, 0.15) is 5.56 Å². The molecular weight excluding hydrogens is 214 g/mol. The lowest BCUT2D eigenvalue weighted by molar-refractivity contribution is -0.136. The van der Waals surface area contributed by atoms with Crippen molar-refractivity contribution in [2.24, 2.45) is 0 Å². The predicted octanol–water partition coefficient (Wildman–Crippen LogP) is 2.28. The molecule has 3 nitrogen and oxygen atoms in total. The van der Waals surface area contributed by atoms with E-state index in [1.165, 1.54) is 0 Å². The molecular formula is C11H10ClNO2. The zero-order valence-corrected chi connectivity index (χ0v) is 8.70. The number of fused-ring (bicyclic) bond motifs is 1. The van der Waals surface area contributed by atoms with Gasteiger partial charge in [-0.3, -0.25) is 9.78 Å². The number of rotatable bonds is 2. The third kappa shape index (κ3) is 2.67. The highest BCUT2D eigenvalue weighted by atomic mass is 35.5. The maximum atomic E-state index is 10.5. The van der Waals surface area contributed by atoms with E-state index >= 15 is 0 Å². The summed E-state index contributed by atoms with van der Waals surface area (Å²) in [5.41, 5.74) is 0.816. The van der Waals surface area contributed by atoms with Gasteiger partial charge in [0.15, 0.2) is 0 Å². The van der Waals surface area contributed by atoms with Crippen LogP contribution >= 0.6 is 12.4 Å². The fourth-order valence-electron chi connectivity index (χ4n) is 1.42. The van der Waals surface area contributed by atoms with Crippen LogP contribution in [-0.2, 0) is 11.2 Å². The minimum Gasteiger partial charge on any atom is -0.481 e. The molecule has 0 atom stereocenters. The van der Waals surface area contributed by atoms with E-state index in [-0.39, 0.29) is 18.8 Å². The highest BCUT2D eigenvalue weighted by Gasteiger charge is 2.00. The highest BCUT2D eigenvalue weighted by Crippen LogP contribution is 2.14. The van der Waals surface area contributed by atoms with Crippen LogP contribution in [0.3, 0.4) is 0 Å². The zero-order chi connectivity index (χ0) is 9.97. The molecule has 4 heteroatoms. The second-order valence-corrected chi connectivity index (χ2v) is 3.13. The number of carboxylic acids is 1. The molecule has 0 fully saturated rings. The van der Waals surface area contributed by atoms with Gasteiger partial charge in [0.1, 0.15) is 0 Å². The van der Waals surface area contributed by atoms with Crippen LogP contribution in [0.15, 0.2) is 36.7 Å². The molecule has 0 radical (unpaired) electrons. The SMILES string of the molecule is Cl.O=C(O)Cc1ccc2cnccc2c1. The molecule has 0 spiro atoms. The van der Waals surface area contributed by atoms with E-state index in [4.69, 9.17) is 5.11 Å². The molecule has 1 heterocycles. The Kier molecular flexibility index (Phi) is 3.63. The third-order valence-corrected chi connectivity index (χ3v) is 2.06. The molecule has 2 aromatic rings. The molecule has 1 N–H and O–H groups in total. The minimum absolute atomic E-state index is 0. The summed E-state index contributed by atoms with van der Waals surface area (Å²) in [6.07, 6.45) is 3.53. The van der Waals surface area contributed by atoms with E-state index in [0.717, 1.165) is 16.3 Å². The second kappa shape index (κ2) is 4.75. The number of aromatic nitrogens is 1.